The summed E-state index contributed by atoms with van der Waals surface area (Å²) in [4.78, 5) is 0.262. The largest absolute Gasteiger partial charge is 0.264 e. The van der Waals surface area contributed by atoms with Crippen molar-refractivity contribution in [3.8, 4) is 5.69 Å². The molecule has 0 fully saturated rings. The maximum absolute atomic E-state index is 13.3. The van der Waals surface area contributed by atoms with Gasteiger partial charge in [0.2, 0.25) is 0 Å². The lowest BCUT2D eigenvalue weighted by atomic mass is 10.2. The summed E-state index contributed by atoms with van der Waals surface area (Å²) in [7, 11) is -3.70. The lowest BCUT2D eigenvalue weighted by Gasteiger charge is -2.26. The van der Waals surface area contributed by atoms with Crippen LogP contribution in [0.15, 0.2) is 71.9 Å². The van der Waals surface area contributed by atoms with E-state index >= 15 is 0 Å². The van der Waals surface area contributed by atoms with E-state index in [1.54, 1.807) is 71.7 Å². The lowest BCUT2D eigenvalue weighted by Crippen LogP contribution is -2.33. The Bertz CT molecular complexity index is 958. The summed E-state index contributed by atoms with van der Waals surface area (Å²) in [5.74, 6) is 0. The Labute approximate surface area is 158 Å². The molecule has 0 radical (unpaired) electrons. The first-order valence-electron chi connectivity index (χ1n) is 8.41. The molecule has 0 bridgehead atoms. The molecule has 0 unspecified atom stereocenters. The molecule has 0 aliphatic heterocycles. The number of sulfonamides is 1. The zero-order chi connectivity index (χ0) is 18.6. The Kier molecular flexibility index (Phi) is 5.64. The van der Waals surface area contributed by atoms with Crippen LogP contribution in [0.25, 0.3) is 5.69 Å². The van der Waals surface area contributed by atoms with E-state index in [-0.39, 0.29) is 4.90 Å². The lowest BCUT2D eigenvalue weighted by molar-refractivity contribution is 0.588. The van der Waals surface area contributed by atoms with Gasteiger partial charge in [0.15, 0.2) is 0 Å². The second-order valence-corrected chi connectivity index (χ2v) is 8.13. The van der Waals surface area contributed by atoms with Crippen molar-refractivity contribution in [3.05, 3.63) is 72.0 Å². The Balaban J connectivity index is 2.16. The molecule has 0 spiro atoms. The average Bonchev–Trinajstić information content (AvgIpc) is 3.18. The third-order valence-corrected chi connectivity index (χ3v) is 6.07. The quantitative estimate of drug-likeness (QED) is 0.596. The van der Waals surface area contributed by atoms with Crippen LogP contribution in [0.3, 0.4) is 0 Å². The summed E-state index contributed by atoms with van der Waals surface area (Å²) >= 11 is 6.16. The fraction of sp³-hybridized carbons (Fsp3) is 0.211. The standard InChI is InChI=1S/C19H20ClN3O2S/c1-2-3-14-23(26(24,25)17-8-5-4-6-9-17)18-11-10-16(20)15-19(18)22-13-7-12-21-22/h4-13,15H,2-3,14H2,1H3. The average molecular weight is 390 g/mol. The number of unbranched alkanes of at least 4 members (excludes halogenated alkanes) is 1. The van der Waals surface area contributed by atoms with Gasteiger partial charge >= 0.3 is 0 Å². The predicted octanol–water partition coefficient (Wildman–Crippen LogP) is 4.52. The van der Waals surface area contributed by atoms with Gasteiger partial charge in [-0.1, -0.05) is 43.1 Å². The second-order valence-electron chi connectivity index (χ2n) is 5.83. The Morgan fingerprint density at radius 2 is 1.88 bits per heavy atom. The van der Waals surface area contributed by atoms with Gasteiger partial charge in [-0.05, 0) is 42.8 Å². The summed E-state index contributed by atoms with van der Waals surface area (Å²) in [5.41, 5.74) is 1.17. The zero-order valence-electron chi connectivity index (χ0n) is 14.4. The monoisotopic (exact) mass is 389 g/mol. The molecule has 5 nitrogen and oxygen atoms in total. The van der Waals surface area contributed by atoms with Crippen molar-refractivity contribution in [2.75, 3.05) is 10.8 Å². The topological polar surface area (TPSA) is 55.2 Å². The van der Waals surface area contributed by atoms with Crippen LogP contribution >= 0.6 is 11.6 Å². The first kappa shape index (κ1) is 18.5. The summed E-state index contributed by atoms with van der Waals surface area (Å²) in [6.07, 6.45) is 5.04. The minimum Gasteiger partial charge on any atom is -0.264 e. The van der Waals surface area contributed by atoms with Gasteiger partial charge in [0.05, 0.1) is 16.3 Å². The molecule has 0 atom stereocenters. The van der Waals surface area contributed by atoms with Crippen LogP contribution in [0.4, 0.5) is 5.69 Å². The molecule has 1 aromatic heterocycles. The SMILES string of the molecule is CCCCN(c1ccc(Cl)cc1-n1cccn1)S(=O)(=O)c1ccccc1. The van der Waals surface area contributed by atoms with Gasteiger partial charge < -0.3 is 0 Å². The number of hydrogen-bond acceptors (Lipinski definition) is 3. The highest BCUT2D eigenvalue weighted by molar-refractivity contribution is 7.92. The van der Waals surface area contributed by atoms with Gasteiger partial charge in [-0.25, -0.2) is 13.1 Å². The molecule has 136 valence electrons. The molecule has 26 heavy (non-hydrogen) atoms. The molecule has 3 rings (SSSR count). The molecule has 0 amide bonds. The molecule has 1 heterocycles. The van der Waals surface area contributed by atoms with Crippen molar-refractivity contribution in [1.29, 1.82) is 0 Å². The van der Waals surface area contributed by atoms with Crippen molar-refractivity contribution in [2.24, 2.45) is 0 Å². The maximum Gasteiger partial charge on any atom is 0.264 e. The van der Waals surface area contributed by atoms with Crippen molar-refractivity contribution in [3.63, 3.8) is 0 Å². The zero-order valence-corrected chi connectivity index (χ0v) is 16.0. The Morgan fingerprint density at radius 1 is 1.12 bits per heavy atom. The van der Waals surface area contributed by atoms with Crippen LogP contribution in [0.5, 0.6) is 0 Å². The fourth-order valence-corrected chi connectivity index (χ4v) is 4.40. The second kappa shape index (κ2) is 7.93. The van der Waals surface area contributed by atoms with E-state index in [2.05, 4.69) is 5.10 Å². The third kappa shape index (κ3) is 3.76. The highest BCUT2D eigenvalue weighted by atomic mass is 35.5. The highest BCUT2D eigenvalue weighted by Gasteiger charge is 2.27. The normalized spacial score (nSPS) is 11.5. The van der Waals surface area contributed by atoms with Crippen LogP contribution in [0, 0.1) is 0 Å². The molecule has 0 aliphatic rings. The number of rotatable bonds is 7. The fourth-order valence-electron chi connectivity index (χ4n) is 2.69. The number of nitrogens with zero attached hydrogens (tertiary/aromatic N) is 3. The molecule has 0 saturated heterocycles. The number of aromatic nitrogens is 2. The predicted molar refractivity (Wildman–Crippen MR) is 104 cm³/mol. The van der Waals surface area contributed by atoms with Crippen molar-refractivity contribution in [1.82, 2.24) is 9.78 Å². The Hall–Kier alpha value is -2.31. The van der Waals surface area contributed by atoms with E-state index in [0.717, 1.165) is 12.8 Å². The van der Waals surface area contributed by atoms with Gasteiger partial charge in [0.1, 0.15) is 0 Å². The number of benzene rings is 2. The van der Waals surface area contributed by atoms with Gasteiger partial charge in [0, 0.05) is 24.0 Å². The van der Waals surface area contributed by atoms with Crippen molar-refractivity contribution < 1.29 is 8.42 Å². The van der Waals surface area contributed by atoms with E-state index in [0.29, 0.717) is 22.9 Å². The van der Waals surface area contributed by atoms with Crippen LogP contribution in [-0.2, 0) is 10.0 Å². The first-order chi connectivity index (χ1) is 12.5. The van der Waals surface area contributed by atoms with Gasteiger partial charge in [0.25, 0.3) is 10.0 Å². The summed E-state index contributed by atoms with van der Waals surface area (Å²) in [6.45, 7) is 2.41. The van der Waals surface area contributed by atoms with E-state index in [4.69, 9.17) is 11.6 Å². The molecule has 0 N–H and O–H groups in total. The number of anilines is 1. The molecular weight excluding hydrogens is 370 g/mol. The molecule has 0 saturated carbocycles. The van der Waals surface area contributed by atoms with Crippen molar-refractivity contribution in [2.45, 2.75) is 24.7 Å². The van der Waals surface area contributed by atoms with E-state index < -0.39 is 10.0 Å². The maximum atomic E-state index is 13.3. The van der Waals surface area contributed by atoms with Crippen molar-refractivity contribution >= 4 is 27.3 Å². The van der Waals surface area contributed by atoms with Crippen LogP contribution < -0.4 is 4.31 Å². The van der Waals surface area contributed by atoms with Crippen LogP contribution in [0.1, 0.15) is 19.8 Å². The third-order valence-electron chi connectivity index (χ3n) is 4.00. The van der Waals surface area contributed by atoms with E-state index in [1.165, 1.54) is 4.31 Å². The minimum atomic E-state index is -3.70. The summed E-state index contributed by atoms with van der Waals surface area (Å²) in [6, 6.07) is 15.4. The van der Waals surface area contributed by atoms with E-state index in [9.17, 15) is 8.42 Å². The highest BCUT2D eigenvalue weighted by Crippen LogP contribution is 2.32. The van der Waals surface area contributed by atoms with Gasteiger partial charge in [-0.2, -0.15) is 5.10 Å². The molecule has 2 aromatic carbocycles. The Morgan fingerprint density at radius 3 is 2.54 bits per heavy atom. The van der Waals surface area contributed by atoms with Crippen LogP contribution in [0.2, 0.25) is 5.02 Å². The molecule has 7 heteroatoms. The first-order valence-corrected chi connectivity index (χ1v) is 10.2. The van der Waals surface area contributed by atoms with Gasteiger partial charge in [-0.15, -0.1) is 0 Å². The number of halogens is 1. The smallest absolute Gasteiger partial charge is 0.264 e. The molecular formula is C19H20ClN3O2S. The van der Waals surface area contributed by atoms with Gasteiger partial charge in [-0.3, -0.25) is 4.31 Å². The number of hydrogen-bond donors (Lipinski definition) is 0. The summed E-state index contributed by atoms with van der Waals surface area (Å²) < 4.78 is 29.7. The summed E-state index contributed by atoms with van der Waals surface area (Å²) in [5, 5.41) is 4.76. The van der Waals surface area contributed by atoms with E-state index in [1.807, 2.05) is 6.92 Å². The molecule has 0 aliphatic carbocycles. The minimum absolute atomic E-state index is 0.262. The molecule has 3 aromatic rings. The van der Waals surface area contributed by atoms with Crippen LogP contribution in [-0.4, -0.2) is 24.7 Å².